The number of anilines is 1. The van der Waals surface area contributed by atoms with Gasteiger partial charge in [-0.15, -0.1) is 0 Å². The third kappa shape index (κ3) is 3.30. The number of halogens is 2. The summed E-state index contributed by atoms with van der Waals surface area (Å²) in [5.74, 6) is -1.47. The first-order chi connectivity index (χ1) is 14.9. The smallest absolute Gasteiger partial charge is 0.322 e. The zero-order valence-corrected chi connectivity index (χ0v) is 16.8. The highest BCUT2D eigenvalue weighted by Crippen LogP contribution is 2.42. The van der Waals surface area contributed by atoms with Gasteiger partial charge in [0.2, 0.25) is 11.8 Å². The molecule has 2 atom stereocenters. The number of hydrogen-bond donors (Lipinski definition) is 1. The Morgan fingerprint density at radius 1 is 1.32 bits per heavy atom. The lowest BCUT2D eigenvalue weighted by molar-refractivity contribution is -0.132. The van der Waals surface area contributed by atoms with E-state index in [0.717, 1.165) is 23.6 Å². The van der Waals surface area contributed by atoms with E-state index in [1.54, 1.807) is 18.2 Å². The predicted molar refractivity (Wildman–Crippen MR) is 108 cm³/mol. The van der Waals surface area contributed by atoms with E-state index in [1.807, 2.05) is 12.1 Å². The van der Waals surface area contributed by atoms with E-state index >= 15 is 0 Å². The average Bonchev–Trinajstić information content (AvgIpc) is 3.39. The third-order valence-corrected chi connectivity index (χ3v) is 6.15. The van der Waals surface area contributed by atoms with Crippen LogP contribution in [-0.2, 0) is 11.3 Å². The Hall–Kier alpha value is -3.49. The molecule has 5 rings (SSSR count). The van der Waals surface area contributed by atoms with E-state index in [9.17, 15) is 18.4 Å². The van der Waals surface area contributed by atoms with E-state index in [4.69, 9.17) is 4.74 Å². The van der Waals surface area contributed by atoms with Crippen LogP contribution in [0, 0.1) is 17.6 Å². The molecule has 0 radical (unpaired) electrons. The zero-order chi connectivity index (χ0) is 21.7. The molecule has 3 aliphatic rings. The molecular weight excluding hydrogens is 406 g/mol. The highest BCUT2D eigenvalue weighted by Gasteiger charge is 2.42. The first-order valence-corrected chi connectivity index (χ1v) is 9.99. The molecule has 1 aromatic heterocycles. The molecule has 1 saturated heterocycles. The van der Waals surface area contributed by atoms with Crippen molar-refractivity contribution in [3.8, 4) is 5.88 Å². The number of rotatable bonds is 4. The molecule has 0 spiro atoms. The summed E-state index contributed by atoms with van der Waals surface area (Å²) in [4.78, 5) is 32.4. The summed E-state index contributed by atoms with van der Waals surface area (Å²) < 4.78 is 32.9. The Labute approximate surface area is 177 Å². The maximum absolute atomic E-state index is 14.1. The lowest BCUT2D eigenvalue weighted by Gasteiger charge is -2.32. The second-order valence-electron chi connectivity index (χ2n) is 7.93. The summed E-state index contributed by atoms with van der Waals surface area (Å²) in [6.07, 6.45) is 4.58. The molecule has 2 aliphatic heterocycles. The highest BCUT2D eigenvalue weighted by molar-refractivity contribution is 5.95. The predicted octanol–water partition coefficient (Wildman–Crippen LogP) is 3.03. The summed E-state index contributed by atoms with van der Waals surface area (Å²) in [5, 5.41) is 2.53. The van der Waals surface area contributed by atoms with Gasteiger partial charge in [0.05, 0.1) is 25.4 Å². The number of nitrogens with zero attached hydrogens (tertiary/aromatic N) is 3. The van der Waals surface area contributed by atoms with Crippen LogP contribution in [0.4, 0.5) is 19.3 Å². The first kappa shape index (κ1) is 19.5. The maximum Gasteiger partial charge on any atom is 0.322 e. The van der Waals surface area contributed by atoms with Gasteiger partial charge in [-0.25, -0.2) is 18.6 Å². The molecule has 9 heteroatoms. The molecule has 2 aromatic rings. The van der Waals surface area contributed by atoms with Gasteiger partial charge in [0.25, 0.3) is 0 Å². The van der Waals surface area contributed by atoms with Crippen molar-refractivity contribution in [1.82, 2.24) is 14.8 Å². The Balaban J connectivity index is 1.30. The highest BCUT2D eigenvalue weighted by atomic mass is 19.2. The molecule has 31 heavy (non-hydrogen) atoms. The number of ether oxygens (including phenoxy) is 1. The van der Waals surface area contributed by atoms with Crippen LogP contribution in [0.15, 0.2) is 36.5 Å². The van der Waals surface area contributed by atoms with Gasteiger partial charge in [-0.3, -0.25) is 4.79 Å². The lowest BCUT2D eigenvalue weighted by atomic mass is 9.96. The van der Waals surface area contributed by atoms with E-state index in [-0.39, 0.29) is 42.2 Å². The fourth-order valence-electron chi connectivity index (χ4n) is 4.62. The van der Waals surface area contributed by atoms with Gasteiger partial charge in [-0.2, -0.15) is 0 Å². The van der Waals surface area contributed by atoms with Gasteiger partial charge in [0.15, 0.2) is 11.6 Å². The number of pyridine rings is 1. The van der Waals surface area contributed by atoms with E-state index < -0.39 is 17.7 Å². The molecule has 1 N–H and O–H groups in total. The van der Waals surface area contributed by atoms with Crippen LogP contribution < -0.4 is 10.1 Å². The number of likely N-dealkylation sites (tertiary alicyclic amines) is 1. The second kappa shape index (κ2) is 7.33. The minimum absolute atomic E-state index is 0.0455. The summed E-state index contributed by atoms with van der Waals surface area (Å²) >= 11 is 0. The van der Waals surface area contributed by atoms with Gasteiger partial charge >= 0.3 is 6.03 Å². The van der Waals surface area contributed by atoms with Crippen molar-refractivity contribution < 1.29 is 23.1 Å². The van der Waals surface area contributed by atoms with Gasteiger partial charge in [0.1, 0.15) is 6.54 Å². The van der Waals surface area contributed by atoms with Crippen LogP contribution in [0.3, 0.4) is 0 Å². The molecule has 2 bridgehead atoms. The normalized spacial score (nSPS) is 21.6. The zero-order valence-electron chi connectivity index (χ0n) is 16.8. The van der Waals surface area contributed by atoms with Crippen LogP contribution in [-0.4, -0.2) is 53.0 Å². The summed E-state index contributed by atoms with van der Waals surface area (Å²) in [6, 6.07) is 5.53. The van der Waals surface area contributed by atoms with Crippen LogP contribution >= 0.6 is 0 Å². The number of fused-ring (bicyclic) bond motifs is 3. The monoisotopic (exact) mass is 426 g/mol. The molecule has 3 amide bonds. The standard InChI is InChI=1S/C22H20F2N4O3/c1-31-19-7-12(4-5-25-19)15-8-14-6-13(15)9-28(14)20(29)11-27-10-16-18(26-22(27)30)3-2-17(23)21(16)24/h2-5,7-8,13-14H,6,9-11H2,1H3,(H,26,30)/t13-,14-/m1/s1. The second-order valence-corrected chi connectivity index (χ2v) is 7.93. The molecule has 7 nitrogen and oxygen atoms in total. The van der Waals surface area contributed by atoms with Crippen molar-refractivity contribution in [1.29, 1.82) is 0 Å². The number of amides is 3. The van der Waals surface area contributed by atoms with Crippen LogP contribution in [0.5, 0.6) is 5.88 Å². The van der Waals surface area contributed by atoms with Crippen LogP contribution in [0.1, 0.15) is 17.5 Å². The van der Waals surface area contributed by atoms with Gasteiger partial charge in [-0.05, 0) is 35.8 Å². The topological polar surface area (TPSA) is 74.8 Å². The summed E-state index contributed by atoms with van der Waals surface area (Å²) in [7, 11) is 1.57. The fourth-order valence-corrected chi connectivity index (χ4v) is 4.62. The van der Waals surface area contributed by atoms with Crippen molar-refractivity contribution in [3.05, 3.63) is 59.3 Å². The molecular formula is C22H20F2N4O3. The quantitative estimate of drug-likeness (QED) is 0.816. The van der Waals surface area contributed by atoms with E-state index in [1.165, 1.54) is 11.0 Å². The molecule has 0 unspecified atom stereocenters. The number of benzene rings is 1. The van der Waals surface area contributed by atoms with Gasteiger partial charge < -0.3 is 19.9 Å². The Morgan fingerprint density at radius 3 is 2.90 bits per heavy atom. The molecule has 3 heterocycles. The number of nitrogens with one attached hydrogen (secondary N) is 1. The van der Waals surface area contributed by atoms with Crippen LogP contribution in [0.25, 0.3) is 5.57 Å². The summed E-state index contributed by atoms with van der Waals surface area (Å²) in [5.41, 5.74) is 2.46. The number of urea groups is 1. The lowest BCUT2D eigenvalue weighted by Crippen LogP contribution is -2.47. The van der Waals surface area contributed by atoms with E-state index in [0.29, 0.717) is 12.4 Å². The summed E-state index contributed by atoms with van der Waals surface area (Å²) in [6.45, 7) is 0.196. The van der Waals surface area contributed by atoms with Crippen molar-refractivity contribution >= 4 is 23.2 Å². The van der Waals surface area contributed by atoms with Crippen molar-refractivity contribution in [2.45, 2.75) is 19.0 Å². The van der Waals surface area contributed by atoms with Crippen molar-refractivity contribution in [2.75, 3.05) is 25.5 Å². The first-order valence-electron chi connectivity index (χ1n) is 9.99. The van der Waals surface area contributed by atoms with E-state index in [2.05, 4.69) is 16.4 Å². The van der Waals surface area contributed by atoms with Crippen LogP contribution in [0.2, 0.25) is 0 Å². The minimum atomic E-state index is -1.00. The average molecular weight is 426 g/mol. The van der Waals surface area contributed by atoms with Gasteiger partial charge in [-0.1, -0.05) is 6.08 Å². The Kier molecular flexibility index (Phi) is 4.60. The van der Waals surface area contributed by atoms with Gasteiger partial charge in [0, 0.05) is 30.3 Å². The Morgan fingerprint density at radius 2 is 2.16 bits per heavy atom. The minimum Gasteiger partial charge on any atom is -0.481 e. The number of aromatic nitrogens is 1. The third-order valence-electron chi connectivity index (χ3n) is 6.15. The van der Waals surface area contributed by atoms with Crippen molar-refractivity contribution in [3.63, 3.8) is 0 Å². The molecule has 1 fully saturated rings. The molecule has 0 saturated carbocycles. The molecule has 1 aromatic carbocycles. The number of carbonyl (C=O) groups is 2. The molecule has 1 aliphatic carbocycles. The number of hydrogen-bond acceptors (Lipinski definition) is 4. The number of methoxy groups -OCH3 is 1. The number of carbonyl (C=O) groups excluding carboxylic acids is 2. The SMILES string of the molecule is COc1cc(C2=C[C@H]3C[C@@H]2CN3C(=O)CN2Cc3c(ccc(F)c3F)NC2=O)ccn1. The molecule has 160 valence electrons. The Bertz CT molecular complexity index is 1120. The van der Waals surface area contributed by atoms with Crippen molar-refractivity contribution in [2.24, 2.45) is 5.92 Å². The fraction of sp³-hybridized carbons (Fsp3) is 0.318. The largest absolute Gasteiger partial charge is 0.481 e. The maximum atomic E-state index is 14.1.